The summed E-state index contributed by atoms with van der Waals surface area (Å²) in [6.45, 7) is 6.03. The molecule has 26 heavy (non-hydrogen) atoms. The molecule has 0 aliphatic rings. The van der Waals surface area contributed by atoms with Crippen molar-refractivity contribution >= 4 is 23.3 Å². The van der Waals surface area contributed by atoms with E-state index in [1.54, 1.807) is 0 Å². The normalized spacial score (nSPS) is 12.0. The van der Waals surface area contributed by atoms with Gasteiger partial charge in [-0.1, -0.05) is 79.7 Å². The van der Waals surface area contributed by atoms with Crippen molar-refractivity contribution in [2.75, 3.05) is 0 Å². The SMILES string of the molecule is C=Nc1c(C(C)c2ccccc2)ccc2c(-c3ccccc3)ccnc12. The molecule has 4 aromatic rings. The van der Waals surface area contributed by atoms with Crippen LogP contribution < -0.4 is 0 Å². The Bertz CT molecular complexity index is 1050. The summed E-state index contributed by atoms with van der Waals surface area (Å²) < 4.78 is 0. The Hall–Kier alpha value is -3.26. The quantitative estimate of drug-likeness (QED) is 0.397. The lowest BCUT2D eigenvalue weighted by Gasteiger charge is -2.17. The van der Waals surface area contributed by atoms with Crippen LogP contribution in [-0.4, -0.2) is 11.7 Å². The molecule has 0 saturated carbocycles. The topological polar surface area (TPSA) is 25.2 Å². The molecule has 0 N–H and O–H groups in total. The monoisotopic (exact) mass is 336 g/mol. The zero-order valence-electron chi connectivity index (χ0n) is 14.8. The maximum Gasteiger partial charge on any atom is 0.0967 e. The number of fused-ring (bicyclic) bond motifs is 1. The maximum atomic E-state index is 4.64. The van der Waals surface area contributed by atoms with Crippen LogP contribution in [0.3, 0.4) is 0 Å². The Balaban J connectivity index is 1.92. The van der Waals surface area contributed by atoms with Crippen LogP contribution in [0.25, 0.3) is 22.0 Å². The van der Waals surface area contributed by atoms with Gasteiger partial charge in [0.15, 0.2) is 0 Å². The van der Waals surface area contributed by atoms with Crippen LogP contribution >= 0.6 is 0 Å². The molecule has 1 heterocycles. The number of nitrogens with zero attached hydrogens (tertiary/aromatic N) is 2. The average Bonchev–Trinajstić information content (AvgIpc) is 2.73. The minimum absolute atomic E-state index is 0.225. The summed E-state index contributed by atoms with van der Waals surface area (Å²) in [7, 11) is 0. The van der Waals surface area contributed by atoms with Gasteiger partial charge in [-0.2, -0.15) is 0 Å². The summed E-state index contributed by atoms with van der Waals surface area (Å²) in [6.07, 6.45) is 1.86. The summed E-state index contributed by atoms with van der Waals surface area (Å²) >= 11 is 0. The molecule has 0 radical (unpaired) electrons. The predicted molar refractivity (Wildman–Crippen MR) is 110 cm³/mol. The number of rotatable bonds is 4. The fourth-order valence-electron chi connectivity index (χ4n) is 3.53. The van der Waals surface area contributed by atoms with Crippen molar-refractivity contribution in [2.45, 2.75) is 12.8 Å². The van der Waals surface area contributed by atoms with Gasteiger partial charge in [-0.3, -0.25) is 9.98 Å². The van der Waals surface area contributed by atoms with Crippen molar-refractivity contribution in [3.05, 3.63) is 96.2 Å². The molecule has 0 bridgehead atoms. The molecular formula is C24H20N2. The lowest BCUT2D eigenvalue weighted by atomic mass is 9.90. The molecule has 0 fully saturated rings. The van der Waals surface area contributed by atoms with Crippen LogP contribution in [0.15, 0.2) is 90.1 Å². The van der Waals surface area contributed by atoms with Gasteiger partial charge < -0.3 is 0 Å². The van der Waals surface area contributed by atoms with Gasteiger partial charge in [-0.25, -0.2) is 0 Å². The van der Waals surface area contributed by atoms with Crippen LogP contribution in [0.5, 0.6) is 0 Å². The predicted octanol–water partition coefficient (Wildman–Crippen LogP) is 6.39. The van der Waals surface area contributed by atoms with E-state index in [9.17, 15) is 0 Å². The fraction of sp³-hybridized carbons (Fsp3) is 0.0833. The van der Waals surface area contributed by atoms with Gasteiger partial charge in [0.2, 0.25) is 0 Å². The van der Waals surface area contributed by atoms with E-state index in [1.807, 2.05) is 18.3 Å². The van der Waals surface area contributed by atoms with E-state index < -0.39 is 0 Å². The largest absolute Gasteiger partial charge is 0.262 e. The van der Waals surface area contributed by atoms with Crippen molar-refractivity contribution in [2.24, 2.45) is 4.99 Å². The number of benzene rings is 3. The number of aliphatic imine (C=N–C) groups is 1. The van der Waals surface area contributed by atoms with Gasteiger partial charge in [0.25, 0.3) is 0 Å². The summed E-state index contributed by atoms with van der Waals surface area (Å²) in [5.41, 5.74) is 6.53. The lowest BCUT2D eigenvalue weighted by molar-refractivity contribution is 0.924. The first-order valence-corrected chi connectivity index (χ1v) is 8.78. The Morgan fingerprint density at radius 1 is 0.846 bits per heavy atom. The van der Waals surface area contributed by atoms with Gasteiger partial charge in [-0.15, -0.1) is 0 Å². The first kappa shape index (κ1) is 16.2. The molecule has 0 saturated heterocycles. The van der Waals surface area contributed by atoms with Gasteiger partial charge >= 0.3 is 0 Å². The number of pyridine rings is 1. The number of hydrogen-bond acceptors (Lipinski definition) is 2. The van der Waals surface area contributed by atoms with E-state index in [4.69, 9.17) is 0 Å². The molecule has 4 rings (SSSR count). The van der Waals surface area contributed by atoms with Crippen LogP contribution in [0.4, 0.5) is 5.69 Å². The van der Waals surface area contributed by atoms with Crippen molar-refractivity contribution < 1.29 is 0 Å². The van der Waals surface area contributed by atoms with Crippen molar-refractivity contribution in [3.63, 3.8) is 0 Å². The first-order chi connectivity index (χ1) is 12.8. The third-order valence-electron chi connectivity index (χ3n) is 4.93. The van der Waals surface area contributed by atoms with E-state index in [0.29, 0.717) is 0 Å². The molecule has 0 aliphatic heterocycles. The summed E-state index contributed by atoms with van der Waals surface area (Å²) in [5.74, 6) is 0.225. The van der Waals surface area contributed by atoms with E-state index in [2.05, 4.69) is 90.3 Å². The molecule has 0 aliphatic carbocycles. The van der Waals surface area contributed by atoms with Crippen LogP contribution in [0, 0.1) is 0 Å². The van der Waals surface area contributed by atoms with Crippen molar-refractivity contribution in [3.8, 4) is 11.1 Å². The number of aromatic nitrogens is 1. The van der Waals surface area contributed by atoms with E-state index in [-0.39, 0.29) is 5.92 Å². The van der Waals surface area contributed by atoms with Gasteiger partial charge in [0.05, 0.1) is 11.2 Å². The third-order valence-corrected chi connectivity index (χ3v) is 4.93. The second kappa shape index (κ2) is 6.93. The smallest absolute Gasteiger partial charge is 0.0967 e. The fourth-order valence-corrected chi connectivity index (χ4v) is 3.53. The molecular weight excluding hydrogens is 316 g/mol. The lowest BCUT2D eigenvalue weighted by Crippen LogP contribution is -1.98. The zero-order valence-corrected chi connectivity index (χ0v) is 14.8. The molecule has 1 aromatic heterocycles. The third kappa shape index (κ3) is 2.80. The molecule has 0 amide bonds. The van der Waals surface area contributed by atoms with Gasteiger partial charge in [0.1, 0.15) is 0 Å². The van der Waals surface area contributed by atoms with Crippen LogP contribution in [-0.2, 0) is 0 Å². The van der Waals surface area contributed by atoms with Gasteiger partial charge in [-0.05, 0) is 35.0 Å². The van der Waals surface area contributed by atoms with E-state index in [1.165, 1.54) is 16.7 Å². The Morgan fingerprint density at radius 3 is 2.23 bits per heavy atom. The zero-order chi connectivity index (χ0) is 17.9. The molecule has 1 atom stereocenters. The van der Waals surface area contributed by atoms with Crippen LogP contribution in [0.1, 0.15) is 24.0 Å². The Labute approximate surface area is 153 Å². The maximum absolute atomic E-state index is 4.64. The van der Waals surface area contributed by atoms with Crippen molar-refractivity contribution in [1.82, 2.24) is 4.98 Å². The standard InChI is InChI=1S/C24H20N2/c1-17(18-9-5-3-6-10-18)20-13-14-22-21(19-11-7-4-8-12-19)15-16-26-24(22)23(20)25-2/h3-17H,2H2,1H3. The van der Waals surface area contributed by atoms with Crippen molar-refractivity contribution in [1.29, 1.82) is 0 Å². The first-order valence-electron chi connectivity index (χ1n) is 8.78. The highest BCUT2D eigenvalue weighted by atomic mass is 14.8. The highest BCUT2D eigenvalue weighted by Gasteiger charge is 2.17. The summed E-state index contributed by atoms with van der Waals surface area (Å²) in [5, 5.41) is 1.10. The molecule has 0 spiro atoms. The second-order valence-corrected chi connectivity index (χ2v) is 6.41. The Morgan fingerprint density at radius 2 is 1.54 bits per heavy atom. The molecule has 2 nitrogen and oxygen atoms in total. The van der Waals surface area contributed by atoms with Gasteiger partial charge in [0, 0.05) is 17.5 Å². The Kier molecular flexibility index (Phi) is 4.32. The highest BCUT2D eigenvalue weighted by Crippen LogP contribution is 2.39. The number of hydrogen-bond donors (Lipinski definition) is 0. The minimum Gasteiger partial charge on any atom is -0.262 e. The molecule has 1 unspecified atom stereocenters. The summed E-state index contributed by atoms with van der Waals surface area (Å²) in [6, 6.07) is 27.2. The van der Waals surface area contributed by atoms with E-state index >= 15 is 0 Å². The molecule has 2 heteroatoms. The summed E-state index contributed by atoms with van der Waals surface area (Å²) in [4.78, 5) is 9.01. The molecule has 126 valence electrons. The molecule has 3 aromatic carbocycles. The average molecular weight is 336 g/mol. The van der Waals surface area contributed by atoms with Crippen LogP contribution in [0.2, 0.25) is 0 Å². The second-order valence-electron chi connectivity index (χ2n) is 6.41. The minimum atomic E-state index is 0.225. The van der Waals surface area contributed by atoms with E-state index in [0.717, 1.165) is 22.2 Å². The highest BCUT2D eigenvalue weighted by molar-refractivity contribution is 6.01.